The summed E-state index contributed by atoms with van der Waals surface area (Å²) in [5.41, 5.74) is 0.997. The fraction of sp³-hybridized carbons (Fsp3) is 0.500. The lowest BCUT2D eigenvalue weighted by atomic mass is 10.1. The maximum absolute atomic E-state index is 9.02. The fourth-order valence-corrected chi connectivity index (χ4v) is 2.93. The molecule has 5 heteroatoms. The van der Waals surface area contributed by atoms with Gasteiger partial charge in [-0.2, -0.15) is 0 Å². The van der Waals surface area contributed by atoms with Crippen LogP contribution in [-0.2, 0) is 4.84 Å². The molecule has 0 amide bonds. The van der Waals surface area contributed by atoms with Crippen LogP contribution in [0.1, 0.15) is 24.8 Å². The lowest BCUT2D eigenvalue weighted by Gasteiger charge is -2.16. The zero-order valence-corrected chi connectivity index (χ0v) is 11.2. The zero-order chi connectivity index (χ0) is 12.6. The van der Waals surface area contributed by atoms with E-state index in [2.05, 4.69) is 0 Å². The minimum absolute atomic E-state index is 0.0534. The molecular formula is C12H15Cl2NO2. The molecule has 1 N–H and O–H groups in total. The van der Waals surface area contributed by atoms with E-state index in [-0.39, 0.29) is 6.10 Å². The Hall–Kier alpha value is -0.320. The van der Waals surface area contributed by atoms with Gasteiger partial charge in [-0.05, 0) is 42.9 Å². The molecule has 0 radical (unpaired) electrons. The second kappa shape index (κ2) is 5.12. The van der Waals surface area contributed by atoms with E-state index < -0.39 is 0 Å². The number of rotatable bonds is 4. The van der Waals surface area contributed by atoms with Crippen LogP contribution in [0.15, 0.2) is 18.2 Å². The SMILES string of the molecule is CC(ON(C)O)[C@@H]1C[C@H]1c1c(Cl)cccc1Cl. The van der Waals surface area contributed by atoms with Gasteiger partial charge >= 0.3 is 0 Å². The molecule has 3 nitrogen and oxygen atoms in total. The summed E-state index contributed by atoms with van der Waals surface area (Å²) in [5, 5.41) is 11.2. The topological polar surface area (TPSA) is 32.7 Å². The largest absolute Gasteiger partial charge is 0.290 e. The molecule has 17 heavy (non-hydrogen) atoms. The molecular weight excluding hydrogens is 261 g/mol. The molecule has 0 spiro atoms. The molecule has 0 heterocycles. The predicted octanol–water partition coefficient (Wildman–Crippen LogP) is 3.74. The number of nitrogens with zero attached hydrogens (tertiary/aromatic N) is 1. The maximum atomic E-state index is 9.02. The van der Waals surface area contributed by atoms with Crippen LogP contribution in [0.4, 0.5) is 0 Å². The Bertz CT molecular complexity index is 391. The summed E-state index contributed by atoms with van der Waals surface area (Å²) in [4.78, 5) is 5.21. The summed E-state index contributed by atoms with van der Waals surface area (Å²) in [7, 11) is 1.45. The second-order valence-electron chi connectivity index (χ2n) is 4.42. The van der Waals surface area contributed by atoms with Crippen molar-refractivity contribution in [3.05, 3.63) is 33.8 Å². The lowest BCUT2D eigenvalue weighted by Crippen LogP contribution is -2.23. The summed E-state index contributed by atoms with van der Waals surface area (Å²) in [5.74, 6) is 0.674. The third-order valence-electron chi connectivity index (χ3n) is 3.13. The zero-order valence-electron chi connectivity index (χ0n) is 9.73. The van der Waals surface area contributed by atoms with Gasteiger partial charge in [0, 0.05) is 17.1 Å². The van der Waals surface area contributed by atoms with Crippen LogP contribution in [0.25, 0.3) is 0 Å². The van der Waals surface area contributed by atoms with Crippen LogP contribution in [-0.4, -0.2) is 23.6 Å². The average Bonchev–Trinajstić information content (AvgIpc) is 2.96. The van der Waals surface area contributed by atoms with Gasteiger partial charge in [-0.1, -0.05) is 34.5 Å². The summed E-state index contributed by atoms with van der Waals surface area (Å²) >= 11 is 12.3. The summed E-state index contributed by atoms with van der Waals surface area (Å²) < 4.78 is 0. The molecule has 1 aliphatic carbocycles. The maximum Gasteiger partial charge on any atom is 0.0825 e. The van der Waals surface area contributed by atoms with Gasteiger partial charge in [0.2, 0.25) is 0 Å². The first kappa shape index (κ1) is 13.1. The monoisotopic (exact) mass is 275 g/mol. The van der Waals surface area contributed by atoms with Crippen molar-refractivity contribution in [1.29, 1.82) is 0 Å². The predicted molar refractivity (Wildman–Crippen MR) is 67.4 cm³/mol. The quantitative estimate of drug-likeness (QED) is 0.850. The van der Waals surface area contributed by atoms with E-state index >= 15 is 0 Å². The molecule has 0 saturated heterocycles. The first-order valence-electron chi connectivity index (χ1n) is 5.54. The minimum Gasteiger partial charge on any atom is -0.290 e. The highest BCUT2D eigenvalue weighted by atomic mass is 35.5. The molecule has 0 bridgehead atoms. The van der Waals surface area contributed by atoms with Crippen molar-refractivity contribution >= 4 is 23.2 Å². The normalized spacial score (nSPS) is 25.1. The van der Waals surface area contributed by atoms with E-state index in [1.54, 1.807) is 0 Å². The first-order valence-corrected chi connectivity index (χ1v) is 6.29. The summed E-state index contributed by atoms with van der Waals surface area (Å²) in [6.07, 6.45) is 0.931. The van der Waals surface area contributed by atoms with Crippen molar-refractivity contribution in [1.82, 2.24) is 5.23 Å². The first-order chi connectivity index (χ1) is 8.00. The molecule has 1 aliphatic rings. The molecule has 1 aromatic rings. The Morgan fingerprint density at radius 1 is 1.41 bits per heavy atom. The molecule has 1 saturated carbocycles. The van der Waals surface area contributed by atoms with Gasteiger partial charge < -0.3 is 0 Å². The van der Waals surface area contributed by atoms with Crippen LogP contribution >= 0.6 is 23.2 Å². The van der Waals surface area contributed by atoms with Crippen LogP contribution < -0.4 is 0 Å². The van der Waals surface area contributed by atoms with Crippen molar-refractivity contribution in [2.24, 2.45) is 5.92 Å². The highest BCUT2D eigenvalue weighted by Gasteiger charge is 2.45. The minimum atomic E-state index is -0.0534. The number of halogens is 2. The van der Waals surface area contributed by atoms with Gasteiger partial charge in [0.25, 0.3) is 0 Å². The molecule has 2 rings (SSSR count). The highest BCUT2D eigenvalue weighted by molar-refractivity contribution is 6.36. The Balaban J connectivity index is 2.07. The Kier molecular flexibility index (Phi) is 3.95. The van der Waals surface area contributed by atoms with Crippen LogP contribution in [0.2, 0.25) is 10.0 Å². The van der Waals surface area contributed by atoms with Crippen LogP contribution in [0, 0.1) is 5.92 Å². The van der Waals surface area contributed by atoms with Crippen molar-refractivity contribution in [3.63, 3.8) is 0 Å². The highest BCUT2D eigenvalue weighted by Crippen LogP contribution is 2.54. The van der Waals surface area contributed by atoms with Crippen molar-refractivity contribution in [2.75, 3.05) is 7.05 Å². The Morgan fingerprint density at radius 2 is 2.00 bits per heavy atom. The van der Waals surface area contributed by atoms with Crippen molar-refractivity contribution < 1.29 is 10.0 Å². The van der Waals surface area contributed by atoms with Gasteiger partial charge in [0.15, 0.2) is 0 Å². The standard InChI is InChI=1S/C12H15Cl2NO2/c1-7(17-15(2)16)8-6-9(8)12-10(13)4-3-5-11(12)14/h3-5,7-9,16H,6H2,1-2H3/t7?,8-,9+/m0/s1. The van der Waals surface area contributed by atoms with E-state index in [0.29, 0.717) is 21.9 Å². The van der Waals surface area contributed by atoms with Gasteiger partial charge in [-0.3, -0.25) is 10.0 Å². The Labute approximate surface area is 111 Å². The van der Waals surface area contributed by atoms with E-state index in [0.717, 1.165) is 17.2 Å². The van der Waals surface area contributed by atoms with E-state index in [4.69, 9.17) is 33.2 Å². The van der Waals surface area contributed by atoms with Gasteiger partial charge in [-0.25, -0.2) is 0 Å². The van der Waals surface area contributed by atoms with Crippen LogP contribution in [0.5, 0.6) is 0 Å². The molecule has 1 aromatic carbocycles. The summed E-state index contributed by atoms with van der Waals surface area (Å²) in [6.45, 7) is 1.93. The molecule has 1 unspecified atom stereocenters. The second-order valence-corrected chi connectivity index (χ2v) is 5.23. The van der Waals surface area contributed by atoms with Crippen molar-refractivity contribution in [3.8, 4) is 0 Å². The molecule has 94 valence electrons. The fourth-order valence-electron chi connectivity index (χ4n) is 2.25. The summed E-state index contributed by atoms with van der Waals surface area (Å²) in [6, 6.07) is 5.54. The molecule has 3 atom stereocenters. The van der Waals surface area contributed by atoms with Gasteiger partial charge in [0.1, 0.15) is 0 Å². The van der Waals surface area contributed by atoms with Gasteiger partial charge in [-0.15, -0.1) is 0 Å². The number of benzene rings is 1. The third-order valence-corrected chi connectivity index (χ3v) is 3.79. The lowest BCUT2D eigenvalue weighted by molar-refractivity contribution is -0.345. The van der Waals surface area contributed by atoms with E-state index in [1.807, 2.05) is 25.1 Å². The number of hydrogen-bond acceptors (Lipinski definition) is 3. The van der Waals surface area contributed by atoms with E-state index in [9.17, 15) is 0 Å². The molecule has 0 aromatic heterocycles. The van der Waals surface area contributed by atoms with Crippen LogP contribution in [0.3, 0.4) is 0 Å². The average molecular weight is 276 g/mol. The smallest absolute Gasteiger partial charge is 0.0825 e. The number of hydrogen-bond donors (Lipinski definition) is 1. The molecule has 0 aliphatic heterocycles. The molecule has 1 fully saturated rings. The van der Waals surface area contributed by atoms with Gasteiger partial charge in [0.05, 0.1) is 6.10 Å². The Morgan fingerprint density at radius 3 is 2.53 bits per heavy atom. The number of hydroxylamine groups is 2. The van der Waals surface area contributed by atoms with E-state index in [1.165, 1.54) is 7.05 Å². The van der Waals surface area contributed by atoms with Crippen molar-refractivity contribution in [2.45, 2.75) is 25.4 Å². The third kappa shape index (κ3) is 2.92.